The van der Waals surface area contributed by atoms with Crippen LogP contribution in [0.3, 0.4) is 0 Å². The van der Waals surface area contributed by atoms with E-state index in [-0.39, 0.29) is 0 Å². The van der Waals surface area contributed by atoms with Crippen molar-refractivity contribution in [2.45, 2.75) is 44.7 Å². The predicted octanol–water partition coefficient (Wildman–Crippen LogP) is 1.88. The van der Waals surface area contributed by atoms with E-state index >= 15 is 0 Å². The molecule has 17 heavy (non-hydrogen) atoms. The van der Waals surface area contributed by atoms with E-state index in [0.29, 0.717) is 12.5 Å². The number of aromatic nitrogens is 2. The third-order valence-electron chi connectivity index (χ3n) is 3.96. The van der Waals surface area contributed by atoms with Gasteiger partial charge < -0.3 is 0 Å². The molecule has 0 aromatic carbocycles. The molecule has 1 aliphatic heterocycles. The van der Waals surface area contributed by atoms with Gasteiger partial charge in [-0.2, -0.15) is 10.4 Å². The van der Waals surface area contributed by atoms with Crippen LogP contribution in [0.5, 0.6) is 0 Å². The lowest BCUT2D eigenvalue weighted by atomic mass is 10.0. The average molecular weight is 230 g/mol. The molecular formula is C13H18N4. The van der Waals surface area contributed by atoms with Crippen LogP contribution in [0.2, 0.25) is 0 Å². The van der Waals surface area contributed by atoms with E-state index in [1.807, 2.05) is 0 Å². The second-order valence-electron chi connectivity index (χ2n) is 5.13. The van der Waals surface area contributed by atoms with Crippen molar-refractivity contribution in [2.24, 2.45) is 0 Å². The zero-order valence-corrected chi connectivity index (χ0v) is 10.1. The Labute approximate surface area is 102 Å². The molecule has 0 amide bonds. The largest absolute Gasteiger partial charge is 0.283 e. The Kier molecular flexibility index (Phi) is 2.86. The van der Waals surface area contributed by atoms with Crippen LogP contribution in [0.25, 0.3) is 0 Å². The van der Waals surface area contributed by atoms with Crippen LogP contribution in [0.4, 0.5) is 0 Å². The molecule has 0 bridgehead atoms. The minimum absolute atomic E-state index is 0.532. The molecule has 1 saturated carbocycles. The third kappa shape index (κ3) is 2.07. The molecule has 3 rings (SSSR count). The highest BCUT2D eigenvalue weighted by Crippen LogP contribution is 2.34. The Morgan fingerprint density at radius 1 is 1.35 bits per heavy atom. The first-order chi connectivity index (χ1) is 8.36. The molecule has 1 aromatic rings. The molecular weight excluding hydrogens is 212 g/mol. The van der Waals surface area contributed by atoms with E-state index in [0.717, 1.165) is 19.6 Å². The Morgan fingerprint density at radius 3 is 2.94 bits per heavy atom. The van der Waals surface area contributed by atoms with Crippen LogP contribution < -0.4 is 0 Å². The van der Waals surface area contributed by atoms with Crippen molar-refractivity contribution in [1.82, 2.24) is 14.7 Å². The van der Waals surface area contributed by atoms with Gasteiger partial charge in [0.05, 0.1) is 30.5 Å². The van der Waals surface area contributed by atoms with Crippen molar-refractivity contribution in [2.75, 3.05) is 13.1 Å². The second kappa shape index (κ2) is 4.50. The number of hydrogen-bond acceptors (Lipinski definition) is 3. The molecule has 1 aromatic heterocycles. The first-order valence-corrected chi connectivity index (χ1v) is 6.53. The zero-order chi connectivity index (χ0) is 11.7. The van der Waals surface area contributed by atoms with Crippen molar-refractivity contribution in [3.63, 3.8) is 0 Å². The third-order valence-corrected chi connectivity index (χ3v) is 3.96. The zero-order valence-electron chi connectivity index (χ0n) is 10.1. The maximum Gasteiger partial charge on any atom is 0.0870 e. The summed E-state index contributed by atoms with van der Waals surface area (Å²) in [6.45, 7) is 3.30. The van der Waals surface area contributed by atoms with E-state index in [1.54, 1.807) is 0 Å². The average Bonchev–Trinajstić information content (AvgIpc) is 2.97. The summed E-state index contributed by atoms with van der Waals surface area (Å²) in [6, 6.07) is 4.49. The molecule has 0 atom stereocenters. The highest BCUT2D eigenvalue weighted by atomic mass is 15.3. The van der Waals surface area contributed by atoms with Crippen LogP contribution in [0, 0.1) is 11.3 Å². The van der Waals surface area contributed by atoms with Gasteiger partial charge >= 0.3 is 0 Å². The molecule has 4 heteroatoms. The van der Waals surface area contributed by atoms with Crippen LogP contribution in [-0.2, 0) is 13.1 Å². The molecule has 0 unspecified atom stereocenters. The van der Waals surface area contributed by atoms with Gasteiger partial charge in [-0.1, -0.05) is 12.8 Å². The molecule has 0 radical (unpaired) electrons. The predicted molar refractivity (Wildman–Crippen MR) is 64.3 cm³/mol. The summed E-state index contributed by atoms with van der Waals surface area (Å²) < 4.78 is 2.14. The van der Waals surface area contributed by atoms with Crippen molar-refractivity contribution >= 4 is 0 Å². The van der Waals surface area contributed by atoms with E-state index in [4.69, 9.17) is 10.4 Å². The molecule has 1 aliphatic carbocycles. The first kappa shape index (κ1) is 10.8. The monoisotopic (exact) mass is 230 g/mol. The summed E-state index contributed by atoms with van der Waals surface area (Å²) in [7, 11) is 0. The molecule has 90 valence electrons. The smallest absolute Gasteiger partial charge is 0.0870 e. The molecule has 4 nitrogen and oxygen atoms in total. The van der Waals surface area contributed by atoms with Crippen molar-refractivity contribution in [3.8, 4) is 6.07 Å². The first-order valence-electron chi connectivity index (χ1n) is 6.53. The molecule has 2 aliphatic rings. The number of fused-ring (bicyclic) bond motifs is 1. The molecule has 0 spiro atoms. The van der Waals surface area contributed by atoms with Crippen LogP contribution in [-0.4, -0.2) is 27.8 Å². The summed E-state index contributed by atoms with van der Waals surface area (Å²) >= 11 is 0. The van der Waals surface area contributed by atoms with Crippen molar-refractivity contribution in [1.29, 1.82) is 5.26 Å². The van der Waals surface area contributed by atoms with E-state index < -0.39 is 0 Å². The Morgan fingerprint density at radius 2 is 2.18 bits per heavy atom. The highest BCUT2D eigenvalue weighted by Gasteiger charge is 2.23. The quantitative estimate of drug-likeness (QED) is 0.729. The minimum atomic E-state index is 0.532. The van der Waals surface area contributed by atoms with Gasteiger partial charge in [-0.15, -0.1) is 0 Å². The topological polar surface area (TPSA) is 44.9 Å². The van der Waals surface area contributed by atoms with E-state index in [2.05, 4.69) is 21.7 Å². The van der Waals surface area contributed by atoms with Gasteiger partial charge in [0.15, 0.2) is 0 Å². The van der Waals surface area contributed by atoms with E-state index in [1.165, 1.54) is 37.1 Å². The number of hydrogen-bond donors (Lipinski definition) is 0. The Balaban J connectivity index is 1.77. The molecule has 0 saturated heterocycles. The van der Waals surface area contributed by atoms with Crippen LogP contribution in [0.15, 0.2) is 6.07 Å². The van der Waals surface area contributed by atoms with Gasteiger partial charge in [0.1, 0.15) is 0 Å². The number of nitrogens with zero attached hydrogens (tertiary/aromatic N) is 4. The van der Waals surface area contributed by atoms with Gasteiger partial charge in [-0.05, 0) is 18.9 Å². The Hall–Kier alpha value is -1.34. The summed E-state index contributed by atoms with van der Waals surface area (Å²) in [5, 5.41) is 13.5. The van der Waals surface area contributed by atoms with Crippen molar-refractivity contribution in [3.05, 3.63) is 17.5 Å². The second-order valence-corrected chi connectivity index (χ2v) is 5.13. The minimum Gasteiger partial charge on any atom is -0.283 e. The van der Waals surface area contributed by atoms with Crippen molar-refractivity contribution < 1.29 is 0 Å². The molecule has 2 heterocycles. The van der Waals surface area contributed by atoms with E-state index in [9.17, 15) is 0 Å². The maximum atomic E-state index is 8.73. The molecule has 1 fully saturated rings. The van der Waals surface area contributed by atoms with Gasteiger partial charge in [-0.3, -0.25) is 9.58 Å². The van der Waals surface area contributed by atoms with Gasteiger partial charge in [-0.25, -0.2) is 0 Å². The molecule has 0 N–H and O–H groups in total. The van der Waals surface area contributed by atoms with Gasteiger partial charge in [0.25, 0.3) is 0 Å². The summed E-state index contributed by atoms with van der Waals surface area (Å²) in [5.41, 5.74) is 2.57. The lowest BCUT2D eigenvalue weighted by molar-refractivity contribution is 0.237. The number of rotatable bonds is 2. The highest BCUT2D eigenvalue weighted by molar-refractivity contribution is 5.17. The van der Waals surface area contributed by atoms with Gasteiger partial charge in [0.2, 0.25) is 0 Å². The van der Waals surface area contributed by atoms with Gasteiger partial charge in [0, 0.05) is 19.0 Å². The fourth-order valence-electron chi connectivity index (χ4n) is 3.00. The van der Waals surface area contributed by atoms with Crippen LogP contribution >= 0.6 is 0 Å². The fraction of sp³-hybridized carbons (Fsp3) is 0.692. The lowest BCUT2D eigenvalue weighted by Crippen LogP contribution is -2.33. The summed E-state index contributed by atoms with van der Waals surface area (Å²) in [6.07, 6.45) is 5.32. The number of nitriles is 1. The normalized spacial score (nSPS) is 21.4. The fourth-order valence-corrected chi connectivity index (χ4v) is 3.00. The Bertz CT molecular complexity index is 437. The maximum absolute atomic E-state index is 8.73. The lowest BCUT2D eigenvalue weighted by Gasteiger charge is -2.24. The summed E-state index contributed by atoms with van der Waals surface area (Å²) in [4.78, 5) is 2.19. The SMILES string of the molecule is N#CCN1CCn2nc(C3CCCC3)cc2C1. The standard InChI is InChI=1S/C13H18N4/c14-5-6-16-7-8-17-12(10-16)9-13(15-17)11-3-1-2-4-11/h9,11H,1-4,6-8,10H2. The summed E-state index contributed by atoms with van der Waals surface area (Å²) in [5.74, 6) is 0.692. The van der Waals surface area contributed by atoms with Crippen LogP contribution in [0.1, 0.15) is 43.0 Å².